The molecule has 6 nitrogen and oxygen atoms in total. The van der Waals surface area contributed by atoms with E-state index in [0.29, 0.717) is 10.6 Å². The summed E-state index contributed by atoms with van der Waals surface area (Å²) in [5, 5.41) is 11.3. The number of nitro groups is 1. The van der Waals surface area contributed by atoms with Crippen molar-refractivity contribution in [2.24, 2.45) is 0 Å². The summed E-state index contributed by atoms with van der Waals surface area (Å²) in [4.78, 5) is 26.7. The molecule has 3 aromatic rings. The lowest BCUT2D eigenvalue weighted by molar-refractivity contribution is -0.686. The van der Waals surface area contributed by atoms with E-state index in [-0.39, 0.29) is 18.0 Å². The summed E-state index contributed by atoms with van der Waals surface area (Å²) in [6, 6.07) is 14.7. The summed E-state index contributed by atoms with van der Waals surface area (Å²) in [5.74, 6) is -0.152. The molecule has 3 rings (SSSR count). The fourth-order valence-electron chi connectivity index (χ4n) is 2.30. The van der Waals surface area contributed by atoms with Gasteiger partial charge in [-0.15, -0.1) is 0 Å². The van der Waals surface area contributed by atoms with Crippen LogP contribution in [0.25, 0.3) is 11.3 Å². The van der Waals surface area contributed by atoms with Crippen LogP contribution in [0.4, 0.5) is 5.69 Å². The summed E-state index contributed by atoms with van der Waals surface area (Å²) in [6.45, 7) is 0.103. The topological polar surface area (TPSA) is 77.0 Å². The van der Waals surface area contributed by atoms with Gasteiger partial charge in [0.05, 0.1) is 11.1 Å². The molecule has 0 atom stereocenters. The third kappa shape index (κ3) is 4.05. The average molecular weight is 355 g/mol. The predicted molar refractivity (Wildman–Crippen MR) is 92.3 cm³/mol. The molecule has 1 aromatic heterocycles. The summed E-state index contributed by atoms with van der Waals surface area (Å²) >= 11 is 5.87. The van der Waals surface area contributed by atoms with E-state index < -0.39 is 4.92 Å². The van der Waals surface area contributed by atoms with Crippen molar-refractivity contribution in [1.29, 1.82) is 0 Å². The Bertz CT molecular complexity index is 908. The van der Waals surface area contributed by atoms with Crippen molar-refractivity contribution in [3.8, 4) is 11.3 Å². The number of non-ortho nitro benzene ring substituents is 1. The van der Waals surface area contributed by atoms with E-state index in [0.717, 1.165) is 11.3 Å². The van der Waals surface area contributed by atoms with Gasteiger partial charge in [0.15, 0.2) is 12.2 Å². The molecule has 0 saturated carbocycles. The Morgan fingerprint density at radius 2 is 1.76 bits per heavy atom. The van der Waals surface area contributed by atoms with Gasteiger partial charge in [0.25, 0.3) is 12.0 Å². The Balaban J connectivity index is 1.71. The van der Waals surface area contributed by atoms with Crippen molar-refractivity contribution in [2.75, 3.05) is 0 Å². The Morgan fingerprint density at radius 1 is 1.08 bits per heavy atom. The van der Waals surface area contributed by atoms with Crippen molar-refractivity contribution in [1.82, 2.24) is 4.98 Å². The Hall–Kier alpha value is -3.12. The largest absolute Gasteiger partial charge is 0.290 e. The summed E-state index contributed by atoms with van der Waals surface area (Å²) < 4.78 is 1.66. The lowest BCUT2D eigenvalue weighted by Crippen LogP contribution is -2.37. The van der Waals surface area contributed by atoms with Crippen LogP contribution >= 0.6 is 11.6 Å². The molecule has 0 aliphatic carbocycles. The molecule has 124 valence electrons. The number of hydrogen-bond acceptors (Lipinski definition) is 4. The standard InChI is InChI=1S/C18H13ClN3O3/c19-15-5-1-13(2-6-15)17-9-10-21(12-20-17)11-18(23)14-3-7-16(8-4-14)22(24)25/h1-10,12H,11H2/q+1. The maximum absolute atomic E-state index is 12.3. The lowest BCUT2D eigenvalue weighted by Gasteiger charge is -2.01. The molecule has 0 aliphatic rings. The molecular weight excluding hydrogens is 342 g/mol. The monoisotopic (exact) mass is 354 g/mol. The minimum Gasteiger partial charge on any atom is -0.290 e. The molecule has 25 heavy (non-hydrogen) atoms. The Kier molecular flexibility index (Phi) is 4.81. The van der Waals surface area contributed by atoms with Gasteiger partial charge in [-0.25, -0.2) is 4.57 Å². The maximum atomic E-state index is 12.3. The summed E-state index contributed by atoms with van der Waals surface area (Å²) in [7, 11) is 0. The minimum atomic E-state index is -0.498. The van der Waals surface area contributed by atoms with Gasteiger partial charge in [-0.3, -0.25) is 14.9 Å². The predicted octanol–water partition coefficient (Wildman–Crippen LogP) is 3.48. The van der Waals surface area contributed by atoms with Crippen LogP contribution in [0.2, 0.25) is 5.02 Å². The van der Waals surface area contributed by atoms with Gasteiger partial charge in [-0.05, 0) is 41.4 Å². The molecule has 2 aromatic carbocycles. The van der Waals surface area contributed by atoms with Crippen LogP contribution in [-0.4, -0.2) is 15.7 Å². The molecule has 7 heteroatoms. The summed E-state index contributed by atoms with van der Waals surface area (Å²) in [5.41, 5.74) is 2.08. The second kappa shape index (κ2) is 7.19. The van der Waals surface area contributed by atoms with E-state index in [1.165, 1.54) is 24.3 Å². The molecule has 0 amide bonds. The van der Waals surface area contributed by atoms with Crippen molar-refractivity contribution in [3.63, 3.8) is 0 Å². The van der Waals surface area contributed by atoms with Crippen LogP contribution in [0.5, 0.6) is 0 Å². The first-order valence-corrected chi connectivity index (χ1v) is 7.79. The third-order valence-corrected chi connectivity index (χ3v) is 3.89. The van der Waals surface area contributed by atoms with Crippen LogP contribution in [0, 0.1) is 10.1 Å². The number of carbonyl (C=O) groups excluding carboxylic acids is 1. The first-order valence-electron chi connectivity index (χ1n) is 7.41. The number of Topliss-reactive ketones (excluding diaryl/α,β-unsaturated/α-hetero) is 1. The van der Waals surface area contributed by atoms with E-state index in [4.69, 9.17) is 11.6 Å². The second-order valence-corrected chi connectivity index (χ2v) is 5.79. The smallest absolute Gasteiger partial charge is 0.287 e. The van der Waals surface area contributed by atoms with Crippen molar-refractivity contribution >= 4 is 23.1 Å². The summed E-state index contributed by atoms with van der Waals surface area (Å²) in [6.07, 6.45) is 3.34. The van der Waals surface area contributed by atoms with Crippen LogP contribution in [-0.2, 0) is 6.54 Å². The molecule has 0 aliphatic heterocycles. The van der Waals surface area contributed by atoms with Crippen molar-refractivity contribution in [3.05, 3.63) is 87.8 Å². The highest BCUT2D eigenvalue weighted by Gasteiger charge is 2.13. The second-order valence-electron chi connectivity index (χ2n) is 5.35. The fraction of sp³-hybridized carbons (Fsp3) is 0.0556. The first kappa shape index (κ1) is 16.7. The van der Waals surface area contributed by atoms with Gasteiger partial charge in [0.1, 0.15) is 0 Å². The molecule has 0 fully saturated rings. The molecule has 0 unspecified atom stereocenters. The van der Waals surface area contributed by atoms with Crippen molar-refractivity contribution < 1.29 is 14.3 Å². The number of carbonyl (C=O) groups is 1. The van der Waals surface area contributed by atoms with E-state index in [1.54, 1.807) is 29.2 Å². The third-order valence-electron chi connectivity index (χ3n) is 3.64. The van der Waals surface area contributed by atoms with Crippen LogP contribution in [0.15, 0.2) is 67.1 Å². The minimum absolute atomic E-state index is 0.0433. The number of rotatable bonds is 5. The maximum Gasteiger partial charge on any atom is 0.287 e. The number of aromatic nitrogens is 2. The van der Waals surface area contributed by atoms with Gasteiger partial charge in [0, 0.05) is 34.3 Å². The van der Waals surface area contributed by atoms with Crippen molar-refractivity contribution in [2.45, 2.75) is 6.54 Å². The number of hydrogen-bond donors (Lipinski definition) is 0. The average Bonchev–Trinajstić information content (AvgIpc) is 2.63. The highest BCUT2D eigenvalue weighted by atomic mass is 35.5. The molecule has 0 N–H and O–H groups in total. The highest BCUT2D eigenvalue weighted by Crippen LogP contribution is 2.18. The Labute approximate surface area is 148 Å². The molecular formula is C18H13ClN3O3+. The number of benzene rings is 2. The quantitative estimate of drug-likeness (QED) is 0.304. The molecule has 1 heterocycles. The molecule has 0 radical (unpaired) electrons. The van der Waals surface area contributed by atoms with E-state index in [1.807, 2.05) is 18.2 Å². The molecule has 0 saturated heterocycles. The first-order chi connectivity index (χ1) is 12.0. The van der Waals surface area contributed by atoms with Gasteiger partial charge in [-0.2, -0.15) is 0 Å². The van der Waals surface area contributed by atoms with Crippen LogP contribution in [0.3, 0.4) is 0 Å². The van der Waals surface area contributed by atoms with Gasteiger partial charge in [0.2, 0.25) is 5.78 Å². The zero-order valence-electron chi connectivity index (χ0n) is 13.0. The SMILES string of the molecule is O=C(C[n+]1ccc(-c2ccc(Cl)cc2)nc1)c1ccc([N+](=O)[O-])cc1. The lowest BCUT2D eigenvalue weighted by atomic mass is 10.1. The van der Waals surface area contributed by atoms with E-state index in [9.17, 15) is 14.9 Å². The van der Waals surface area contributed by atoms with Gasteiger partial charge >= 0.3 is 0 Å². The Morgan fingerprint density at radius 3 is 2.32 bits per heavy atom. The zero-order chi connectivity index (χ0) is 17.8. The molecule has 0 spiro atoms. The normalized spacial score (nSPS) is 10.4. The number of nitrogens with zero attached hydrogens (tertiary/aromatic N) is 3. The van der Waals surface area contributed by atoms with E-state index in [2.05, 4.69) is 4.98 Å². The van der Waals surface area contributed by atoms with Gasteiger partial charge in [-0.1, -0.05) is 11.6 Å². The zero-order valence-corrected chi connectivity index (χ0v) is 13.8. The highest BCUT2D eigenvalue weighted by molar-refractivity contribution is 6.30. The number of ketones is 1. The van der Waals surface area contributed by atoms with E-state index >= 15 is 0 Å². The van der Waals surface area contributed by atoms with Crippen LogP contribution < -0.4 is 4.57 Å². The number of nitro benzene ring substituents is 1. The number of halogens is 1. The fourth-order valence-corrected chi connectivity index (χ4v) is 2.42. The van der Waals surface area contributed by atoms with Gasteiger partial charge < -0.3 is 0 Å². The molecule has 0 bridgehead atoms. The van der Waals surface area contributed by atoms with Crippen LogP contribution in [0.1, 0.15) is 10.4 Å².